The Kier molecular flexibility index (Phi) is 3.39. The van der Waals surface area contributed by atoms with Crippen LogP contribution in [0, 0.1) is 0 Å². The molecule has 0 bridgehead atoms. The summed E-state index contributed by atoms with van der Waals surface area (Å²) >= 11 is 3.65. The van der Waals surface area contributed by atoms with Crippen molar-refractivity contribution < 1.29 is 0 Å². The zero-order chi connectivity index (χ0) is 10.7. The van der Waals surface area contributed by atoms with Crippen LogP contribution in [0.15, 0.2) is 35.0 Å². The summed E-state index contributed by atoms with van der Waals surface area (Å²) in [6.07, 6.45) is 3.32. The van der Waals surface area contributed by atoms with Gasteiger partial charge in [0.05, 0.1) is 4.88 Å². The van der Waals surface area contributed by atoms with Crippen LogP contribution in [0.1, 0.15) is 25.8 Å². The van der Waals surface area contributed by atoms with Crippen molar-refractivity contribution in [1.29, 1.82) is 0 Å². The van der Waals surface area contributed by atoms with Gasteiger partial charge in [-0.05, 0) is 47.4 Å². The Morgan fingerprint density at radius 3 is 2.73 bits per heavy atom. The maximum absolute atomic E-state index is 2.23. The van der Waals surface area contributed by atoms with E-state index in [0.717, 1.165) is 6.42 Å². The molecule has 15 heavy (non-hydrogen) atoms. The van der Waals surface area contributed by atoms with Crippen molar-refractivity contribution in [3.05, 3.63) is 40.6 Å². The average molecular weight is 234 g/mol. The fraction of sp³-hybridized carbons (Fsp3) is 0.231. The van der Waals surface area contributed by atoms with Gasteiger partial charge >= 0.3 is 0 Å². The highest BCUT2D eigenvalue weighted by Crippen LogP contribution is 2.37. The van der Waals surface area contributed by atoms with Gasteiger partial charge in [0.1, 0.15) is 0 Å². The van der Waals surface area contributed by atoms with Crippen molar-refractivity contribution >= 4 is 28.2 Å². The maximum atomic E-state index is 2.23. The van der Waals surface area contributed by atoms with Crippen LogP contribution in [0.2, 0.25) is 0 Å². The van der Waals surface area contributed by atoms with Gasteiger partial charge in [0.25, 0.3) is 0 Å². The van der Waals surface area contributed by atoms with Crippen molar-refractivity contribution in [3.63, 3.8) is 0 Å². The first-order valence-corrected chi connectivity index (χ1v) is 6.89. The van der Waals surface area contributed by atoms with E-state index in [4.69, 9.17) is 0 Å². The molecule has 0 aromatic carbocycles. The molecule has 2 rings (SSSR count). The van der Waals surface area contributed by atoms with Crippen molar-refractivity contribution in [3.8, 4) is 9.75 Å². The minimum absolute atomic E-state index is 1.10. The summed E-state index contributed by atoms with van der Waals surface area (Å²) in [6, 6.07) is 6.55. The fourth-order valence-electron chi connectivity index (χ4n) is 1.71. The number of thiophene rings is 2. The van der Waals surface area contributed by atoms with Gasteiger partial charge in [-0.15, -0.1) is 22.7 Å². The van der Waals surface area contributed by atoms with E-state index in [-0.39, 0.29) is 0 Å². The van der Waals surface area contributed by atoms with E-state index in [9.17, 15) is 0 Å². The topological polar surface area (TPSA) is 0 Å². The van der Waals surface area contributed by atoms with Crippen LogP contribution in [-0.4, -0.2) is 0 Å². The highest BCUT2D eigenvalue weighted by molar-refractivity contribution is 7.20. The molecule has 0 atom stereocenters. The van der Waals surface area contributed by atoms with Crippen molar-refractivity contribution in [2.75, 3.05) is 0 Å². The maximum Gasteiger partial charge on any atom is 0.0517 e. The molecule has 78 valence electrons. The van der Waals surface area contributed by atoms with E-state index in [2.05, 4.69) is 48.9 Å². The summed E-state index contributed by atoms with van der Waals surface area (Å²) in [7, 11) is 0. The van der Waals surface area contributed by atoms with E-state index >= 15 is 0 Å². The van der Waals surface area contributed by atoms with Crippen LogP contribution >= 0.6 is 22.7 Å². The number of hydrogen-bond donors (Lipinski definition) is 0. The van der Waals surface area contributed by atoms with Crippen molar-refractivity contribution in [2.24, 2.45) is 0 Å². The van der Waals surface area contributed by atoms with E-state index in [1.807, 2.05) is 22.7 Å². The van der Waals surface area contributed by atoms with Crippen LogP contribution < -0.4 is 0 Å². The van der Waals surface area contributed by atoms with Gasteiger partial charge in [0.2, 0.25) is 0 Å². The summed E-state index contributed by atoms with van der Waals surface area (Å²) in [5.41, 5.74) is 2.85. The Labute approximate surface area is 98.9 Å². The minimum atomic E-state index is 1.10. The molecule has 0 aliphatic carbocycles. The summed E-state index contributed by atoms with van der Waals surface area (Å²) < 4.78 is 0. The zero-order valence-corrected chi connectivity index (χ0v) is 10.6. The molecule has 2 heteroatoms. The molecule has 0 aliphatic rings. The molecule has 0 amide bonds. The SMILES string of the molecule is C/C=C(/CC)c1ccsc1-c1cccs1. The predicted octanol–water partition coefficient (Wildman–Crippen LogP) is 5.29. The second-order valence-corrected chi connectivity index (χ2v) is 5.17. The third-order valence-corrected chi connectivity index (χ3v) is 4.45. The largest absolute Gasteiger partial charge is 0.143 e. The van der Waals surface area contributed by atoms with Crippen LogP contribution in [0.4, 0.5) is 0 Å². The molecule has 0 fully saturated rings. The average Bonchev–Trinajstić information content (AvgIpc) is 2.88. The lowest BCUT2D eigenvalue weighted by atomic mass is 10.0. The lowest BCUT2D eigenvalue weighted by Crippen LogP contribution is -1.80. The second kappa shape index (κ2) is 4.77. The molecule has 0 N–H and O–H groups in total. The Hall–Kier alpha value is -0.860. The van der Waals surface area contributed by atoms with Gasteiger partial charge in [-0.25, -0.2) is 0 Å². The molecule has 0 aliphatic heterocycles. The third kappa shape index (κ3) is 2.06. The Morgan fingerprint density at radius 1 is 1.27 bits per heavy atom. The fourth-order valence-corrected chi connectivity index (χ4v) is 3.53. The number of rotatable bonds is 3. The van der Waals surface area contributed by atoms with E-state index in [1.54, 1.807) is 0 Å². The van der Waals surface area contributed by atoms with Crippen molar-refractivity contribution in [1.82, 2.24) is 0 Å². The highest BCUT2D eigenvalue weighted by atomic mass is 32.1. The van der Waals surface area contributed by atoms with Crippen LogP contribution in [0.5, 0.6) is 0 Å². The molecule has 0 radical (unpaired) electrons. The predicted molar refractivity (Wildman–Crippen MR) is 71.6 cm³/mol. The summed E-state index contributed by atoms with van der Waals surface area (Å²) in [4.78, 5) is 2.80. The summed E-state index contributed by atoms with van der Waals surface area (Å²) in [5, 5.41) is 4.32. The molecule has 2 aromatic heterocycles. The van der Waals surface area contributed by atoms with E-state index in [0.29, 0.717) is 0 Å². The Balaban J connectivity index is 2.47. The third-order valence-electron chi connectivity index (χ3n) is 2.49. The molecule has 0 spiro atoms. The lowest BCUT2D eigenvalue weighted by Gasteiger charge is -2.04. The monoisotopic (exact) mass is 234 g/mol. The van der Waals surface area contributed by atoms with Crippen LogP contribution in [-0.2, 0) is 0 Å². The van der Waals surface area contributed by atoms with E-state index < -0.39 is 0 Å². The molecule has 2 aromatic rings. The van der Waals surface area contributed by atoms with Crippen LogP contribution in [0.25, 0.3) is 15.3 Å². The van der Waals surface area contributed by atoms with Gasteiger partial charge in [0, 0.05) is 4.88 Å². The van der Waals surface area contributed by atoms with Crippen LogP contribution in [0.3, 0.4) is 0 Å². The number of hydrogen-bond acceptors (Lipinski definition) is 2. The molecule has 2 heterocycles. The molecule has 0 saturated heterocycles. The van der Waals surface area contributed by atoms with E-state index in [1.165, 1.54) is 20.9 Å². The minimum Gasteiger partial charge on any atom is -0.143 e. The molecular weight excluding hydrogens is 220 g/mol. The van der Waals surface area contributed by atoms with Gasteiger partial charge in [-0.2, -0.15) is 0 Å². The normalized spacial score (nSPS) is 12.0. The van der Waals surface area contributed by atoms with Crippen molar-refractivity contribution in [2.45, 2.75) is 20.3 Å². The first-order chi connectivity index (χ1) is 7.36. The molecular formula is C13H14S2. The first kappa shape index (κ1) is 10.7. The Morgan fingerprint density at radius 2 is 2.13 bits per heavy atom. The first-order valence-electron chi connectivity index (χ1n) is 5.13. The van der Waals surface area contributed by atoms with Gasteiger partial charge in [-0.3, -0.25) is 0 Å². The zero-order valence-electron chi connectivity index (χ0n) is 8.99. The molecule has 0 unspecified atom stereocenters. The Bertz CT molecular complexity index is 447. The smallest absolute Gasteiger partial charge is 0.0517 e. The van der Waals surface area contributed by atoms with Gasteiger partial charge < -0.3 is 0 Å². The second-order valence-electron chi connectivity index (χ2n) is 3.31. The van der Waals surface area contributed by atoms with Gasteiger partial charge in [0.15, 0.2) is 0 Å². The molecule has 0 saturated carbocycles. The quantitative estimate of drug-likeness (QED) is 0.677. The highest BCUT2D eigenvalue weighted by Gasteiger charge is 2.09. The lowest BCUT2D eigenvalue weighted by molar-refractivity contribution is 1.24. The van der Waals surface area contributed by atoms with Gasteiger partial charge in [-0.1, -0.05) is 19.1 Å². The summed E-state index contributed by atoms with van der Waals surface area (Å²) in [6.45, 7) is 4.33. The molecule has 0 nitrogen and oxygen atoms in total. The standard InChI is InChI=1S/C13H14S2/c1-3-10(4-2)11-7-9-15-13(11)12-6-5-8-14-12/h3,5-9H,4H2,1-2H3/b10-3-. The number of allylic oxidation sites excluding steroid dienone is 2. The summed E-state index contributed by atoms with van der Waals surface area (Å²) in [5.74, 6) is 0.